The van der Waals surface area contributed by atoms with E-state index < -0.39 is 11.9 Å². The van der Waals surface area contributed by atoms with Crippen LogP contribution in [0.25, 0.3) is 10.8 Å². The molecule has 1 aromatic heterocycles. The molecule has 132 valence electrons. The minimum absolute atomic E-state index is 0.0124. The number of fused-ring (bicyclic) bond motifs is 1. The first-order valence-electron chi connectivity index (χ1n) is 7.82. The number of nitrogens with two attached hydrogens (primary N) is 1. The summed E-state index contributed by atoms with van der Waals surface area (Å²) in [6, 6.07) is 15.3. The van der Waals surface area contributed by atoms with E-state index in [1.54, 1.807) is 54.6 Å². The normalized spacial score (nSPS) is 10.5. The fraction of sp³-hybridized carbons (Fsp3) is 0.105. The number of aromatic nitrogens is 1. The maximum Gasteiger partial charge on any atom is 0.355 e. The van der Waals surface area contributed by atoms with E-state index >= 15 is 0 Å². The van der Waals surface area contributed by atoms with Crippen LogP contribution >= 0.6 is 0 Å². The highest BCUT2D eigenvalue weighted by Crippen LogP contribution is 2.15. The van der Waals surface area contributed by atoms with Crippen molar-refractivity contribution in [1.29, 1.82) is 0 Å². The number of H-pyrrole nitrogens is 1. The van der Waals surface area contributed by atoms with Crippen molar-refractivity contribution in [3.05, 3.63) is 76.2 Å². The summed E-state index contributed by atoms with van der Waals surface area (Å²) >= 11 is 0. The van der Waals surface area contributed by atoms with Crippen LogP contribution in [0.1, 0.15) is 16.1 Å². The fourth-order valence-electron chi connectivity index (χ4n) is 2.43. The van der Waals surface area contributed by atoms with E-state index in [-0.39, 0.29) is 24.5 Å². The predicted molar refractivity (Wildman–Crippen MR) is 94.8 cm³/mol. The van der Waals surface area contributed by atoms with Crippen LogP contribution in [0.2, 0.25) is 0 Å². The van der Waals surface area contributed by atoms with Crippen LogP contribution in [-0.2, 0) is 16.1 Å². The number of benzene rings is 2. The summed E-state index contributed by atoms with van der Waals surface area (Å²) in [5.74, 6) is -0.783. The molecule has 3 aromatic rings. The molecule has 0 saturated carbocycles. The molecule has 0 aliphatic carbocycles. The lowest BCUT2D eigenvalue weighted by molar-refractivity contribution is -0.119. The van der Waals surface area contributed by atoms with Crippen LogP contribution in [-0.4, -0.2) is 23.5 Å². The van der Waals surface area contributed by atoms with Crippen LogP contribution in [0.5, 0.6) is 5.75 Å². The Labute approximate surface area is 148 Å². The van der Waals surface area contributed by atoms with E-state index in [9.17, 15) is 14.4 Å². The zero-order valence-electron chi connectivity index (χ0n) is 13.7. The third kappa shape index (κ3) is 4.07. The maximum absolute atomic E-state index is 12.2. The molecule has 0 fully saturated rings. The lowest BCUT2D eigenvalue weighted by Gasteiger charge is -2.08. The van der Waals surface area contributed by atoms with E-state index in [1.807, 2.05) is 0 Å². The van der Waals surface area contributed by atoms with Crippen LogP contribution in [0.3, 0.4) is 0 Å². The summed E-state index contributed by atoms with van der Waals surface area (Å²) in [5.41, 5.74) is 5.43. The van der Waals surface area contributed by atoms with Gasteiger partial charge in [0.05, 0.1) is 0 Å². The summed E-state index contributed by atoms with van der Waals surface area (Å²) in [4.78, 5) is 37.5. The monoisotopic (exact) mass is 352 g/mol. The molecule has 7 nitrogen and oxygen atoms in total. The second kappa shape index (κ2) is 7.52. The fourth-order valence-corrected chi connectivity index (χ4v) is 2.43. The standard InChI is InChI=1S/C19H16N2O5/c20-17(22)11-25-14-6-3-4-12(8-14)10-26-19(24)16-9-13-5-1-2-7-15(13)18(23)21-16/h1-9H,10-11H2,(H2,20,22)(H,21,23). The number of nitrogens with one attached hydrogen (secondary N) is 1. The maximum atomic E-state index is 12.2. The van der Waals surface area contributed by atoms with E-state index in [2.05, 4.69) is 4.98 Å². The smallest absolute Gasteiger partial charge is 0.355 e. The Morgan fingerprint density at radius 3 is 2.65 bits per heavy atom. The number of amides is 1. The van der Waals surface area contributed by atoms with Crippen LogP contribution in [0, 0.1) is 0 Å². The summed E-state index contributed by atoms with van der Waals surface area (Å²) in [6.07, 6.45) is 0. The van der Waals surface area contributed by atoms with Gasteiger partial charge in [-0.25, -0.2) is 4.79 Å². The molecule has 0 aliphatic rings. The average Bonchev–Trinajstić information content (AvgIpc) is 2.65. The molecule has 26 heavy (non-hydrogen) atoms. The van der Waals surface area contributed by atoms with Crippen molar-refractivity contribution >= 4 is 22.6 Å². The highest BCUT2D eigenvalue weighted by atomic mass is 16.5. The predicted octanol–water partition coefficient (Wildman–Crippen LogP) is 1.75. The SMILES string of the molecule is NC(=O)COc1cccc(COC(=O)c2cc3ccccc3c(=O)[nH]2)c1. The topological polar surface area (TPSA) is 111 Å². The lowest BCUT2D eigenvalue weighted by Crippen LogP contribution is -2.20. The molecule has 0 saturated heterocycles. The molecule has 2 aromatic carbocycles. The highest BCUT2D eigenvalue weighted by molar-refractivity contribution is 5.92. The minimum Gasteiger partial charge on any atom is -0.484 e. The van der Waals surface area contributed by atoms with Crippen molar-refractivity contribution in [2.24, 2.45) is 5.73 Å². The number of rotatable bonds is 6. The van der Waals surface area contributed by atoms with Crippen molar-refractivity contribution < 1.29 is 19.1 Å². The number of pyridine rings is 1. The van der Waals surface area contributed by atoms with Crippen LogP contribution in [0.15, 0.2) is 59.4 Å². The first-order valence-corrected chi connectivity index (χ1v) is 7.82. The number of hydrogen-bond acceptors (Lipinski definition) is 5. The molecule has 0 unspecified atom stereocenters. The summed E-state index contributed by atoms with van der Waals surface area (Å²) in [6.45, 7) is -0.247. The number of aromatic amines is 1. The van der Waals surface area contributed by atoms with E-state index in [4.69, 9.17) is 15.2 Å². The second-order valence-corrected chi connectivity index (χ2v) is 5.58. The lowest BCUT2D eigenvalue weighted by atomic mass is 10.1. The summed E-state index contributed by atoms with van der Waals surface area (Å²) in [7, 11) is 0. The molecule has 1 amide bonds. The van der Waals surface area contributed by atoms with Crippen molar-refractivity contribution in [2.45, 2.75) is 6.61 Å². The Morgan fingerprint density at radius 2 is 1.85 bits per heavy atom. The van der Waals surface area contributed by atoms with Gasteiger partial charge in [0, 0.05) is 5.39 Å². The van der Waals surface area contributed by atoms with Gasteiger partial charge in [0.15, 0.2) is 6.61 Å². The summed E-state index contributed by atoms with van der Waals surface area (Å²) in [5, 5.41) is 1.16. The van der Waals surface area contributed by atoms with Gasteiger partial charge >= 0.3 is 5.97 Å². The van der Waals surface area contributed by atoms with Gasteiger partial charge in [-0.05, 0) is 35.2 Å². The van der Waals surface area contributed by atoms with Crippen LogP contribution < -0.4 is 16.0 Å². The van der Waals surface area contributed by atoms with Gasteiger partial charge in [-0.1, -0.05) is 30.3 Å². The second-order valence-electron chi connectivity index (χ2n) is 5.58. The average molecular weight is 352 g/mol. The Hall–Kier alpha value is -3.61. The quantitative estimate of drug-likeness (QED) is 0.657. The minimum atomic E-state index is -0.642. The molecular formula is C19H16N2O5. The molecule has 0 aliphatic heterocycles. The van der Waals surface area contributed by atoms with Crippen molar-refractivity contribution in [2.75, 3.05) is 6.61 Å². The molecule has 1 heterocycles. The molecule has 0 bridgehead atoms. The number of primary amides is 1. The van der Waals surface area contributed by atoms with Crippen molar-refractivity contribution in [3.8, 4) is 5.75 Å². The van der Waals surface area contributed by atoms with Gasteiger partial charge in [0.25, 0.3) is 11.5 Å². The van der Waals surface area contributed by atoms with E-state index in [1.165, 1.54) is 0 Å². The van der Waals surface area contributed by atoms with Gasteiger partial charge in [-0.15, -0.1) is 0 Å². The Balaban J connectivity index is 1.70. The molecule has 0 spiro atoms. The van der Waals surface area contributed by atoms with Gasteiger partial charge in [-0.3, -0.25) is 9.59 Å². The van der Waals surface area contributed by atoms with Crippen molar-refractivity contribution in [3.63, 3.8) is 0 Å². The number of carbonyl (C=O) groups is 2. The first-order chi connectivity index (χ1) is 12.5. The number of esters is 1. The Kier molecular flexibility index (Phi) is 4.98. The molecule has 0 radical (unpaired) electrons. The van der Waals surface area contributed by atoms with Gasteiger partial charge in [-0.2, -0.15) is 0 Å². The van der Waals surface area contributed by atoms with E-state index in [0.29, 0.717) is 22.1 Å². The zero-order chi connectivity index (χ0) is 18.5. The molecular weight excluding hydrogens is 336 g/mol. The number of hydrogen-bond donors (Lipinski definition) is 2. The zero-order valence-corrected chi connectivity index (χ0v) is 13.7. The van der Waals surface area contributed by atoms with Crippen LogP contribution in [0.4, 0.5) is 0 Å². The molecule has 0 atom stereocenters. The Morgan fingerprint density at radius 1 is 1.04 bits per heavy atom. The largest absolute Gasteiger partial charge is 0.484 e. The van der Waals surface area contributed by atoms with Gasteiger partial charge < -0.3 is 20.2 Å². The van der Waals surface area contributed by atoms with E-state index in [0.717, 1.165) is 0 Å². The number of ether oxygens (including phenoxy) is 2. The number of carbonyl (C=O) groups excluding carboxylic acids is 2. The van der Waals surface area contributed by atoms with Gasteiger partial charge in [0.2, 0.25) is 0 Å². The third-order valence-electron chi connectivity index (χ3n) is 3.62. The van der Waals surface area contributed by atoms with Crippen molar-refractivity contribution in [1.82, 2.24) is 4.98 Å². The Bertz CT molecular complexity index is 1030. The molecule has 3 N–H and O–H groups in total. The first kappa shape index (κ1) is 17.2. The highest BCUT2D eigenvalue weighted by Gasteiger charge is 2.11. The summed E-state index contributed by atoms with van der Waals surface area (Å²) < 4.78 is 10.4. The molecule has 3 rings (SSSR count). The third-order valence-corrected chi connectivity index (χ3v) is 3.62. The van der Waals surface area contributed by atoms with Gasteiger partial charge in [0.1, 0.15) is 18.1 Å². The molecule has 7 heteroatoms.